The van der Waals surface area contributed by atoms with Gasteiger partial charge in [-0.1, -0.05) is 25.8 Å². The Morgan fingerprint density at radius 1 is 0.974 bits per heavy atom. The molecule has 0 bridgehead atoms. The number of aromatic nitrogens is 1. The topological polar surface area (TPSA) is 97.8 Å². The number of carbonyl (C=O) groups excluding carboxylic acids is 1. The molecule has 38 heavy (non-hydrogen) atoms. The van der Waals surface area contributed by atoms with Gasteiger partial charge in [0.25, 0.3) is 5.91 Å². The molecule has 0 fully saturated rings. The maximum atomic E-state index is 12.4. The molecule has 3 rings (SSSR count). The zero-order chi connectivity index (χ0) is 27.5. The van der Waals surface area contributed by atoms with E-state index < -0.39 is 12.3 Å². The third-order valence-electron chi connectivity index (χ3n) is 5.63. The number of carbonyl (C=O) groups is 2. The van der Waals surface area contributed by atoms with E-state index in [4.69, 9.17) is 9.84 Å². The largest absolute Gasteiger partial charge is 0.573 e. The van der Waals surface area contributed by atoms with Crippen molar-refractivity contribution in [1.29, 1.82) is 0 Å². The van der Waals surface area contributed by atoms with Crippen molar-refractivity contribution in [2.75, 3.05) is 6.54 Å². The summed E-state index contributed by atoms with van der Waals surface area (Å²) in [4.78, 5) is 27.3. The highest BCUT2D eigenvalue weighted by Gasteiger charge is 2.31. The first-order valence-corrected chi connectivity index (χ1v) is 12.2. The Morgan fingerprint density at radius 2 is 1.66 bits per heavy atom. The van der Waals surface area contributed by atoms with Gasteiger partial charge in [-0.25, -0.2) is 0 Å². The number of nitrogens with one attached hydrogen (secondary N) is 1. The van der Waals surface area contributed by atoms with E-state index in [1.54, 1.807) is 36.5 Å². The summed E-state index contributed by atoms with van der Waals surface area (Å²) >= 11 is 0. The lowest BCUT2D eigenvalue weighted by Gasteiger charge is -2.20. The van der Waals surface area contributed by atoms with E-state index in [0.29, 0.717) is 22.6 Å². The first-order valence-electron chi connectivity index (χ1n) is 12.2. The third-order valence-corrected chi connectivity index (χ3v) is 5.63. The second-order valence-electron chi connectivity index (χ2n) is 8.58. The highest BCUT2D eigenvalue weighted by Crippen LogP contribution is 2.29. The van der Waals surface area contributed by atoms with Gasteiger partial charge in [-0.15, -0.1) is 13.2 Å². The van der Waals surface area contributed by atoms with Crippen molar-refractivity contribution in [3.63, 3.8) is 0 Å². The van der Waals surface area contributed by atoms with Crippen LogP contribution in [0.15, 0.2) is 66.9 Å². The molecular formula is C28H29F3N2O5. The number of benzene rings is 2. The summed E-state index contributed by atoms with van der Waals surface area (Å²) in [7, 11) is 0. The number of halogens is 3. The van der Waals surface area contributed by atoms with Crippen molar-refractivity contribution in [2.24, 2.45) is 0 Å². The molecule has 0 unspecified atom stereocenters. The smallest absolute Gasteiger partial charge is 0.486 e. The Morgan fingerprint density at radius 3 is 2.24 bits per heavy atom. The lowest BCUT2D eigenvalue weighted by Crippen LogP contribution is -2.25. The summed E-state index contributed by atoms with van der Waals surface area (Å²) in [5.74, 6) is -1.09. The molecule has 7 nitrogen and oxygen atoms in total. The summed E-state index contributed by atoms with van der Waals surface area (Å²) in [6, 6.07) is 15.8. The van der Waals surface area contributed by atoms with Gasteiger partial charge >= 0.3 is 12.3 Å². The second kappa shape index (κ2) is 13.5. The molecule has 1 heterocycles. The maximum absolute atomic E-state index is 12.4. The molecule has 1 aromatic heterocycles. The molecule has 2 aromatic carbocycles. The standard InChI is InChI=1S/C28H29F3N2O5/c1-2-3-4-5-25(37-22-11-8-20(9-12-22)27(36)32-17-16-26(34)35)21-10-15-24(33-18-21)19-6-13-23(14-7-19)38-28(29,30)31/h6-15,18,25H,2-5,16-17H2,1H3,(H,32,36)(H,34,35)/t25-/m1/s1. The van der Waals surface area contributed by atoms with Crippen molar-refractivity contribution in [3.8, 4) is 22.8 Å². The van der Waals surface area contributed by atoms with E-state index in [2.05, 4.69) is 22.0 Å². The van der Waals surface area contributed by atoms with Crippen LogP contribution < -0.4 is 14.8 Å². The molecule has 1 amide bonds. The summed E-state index contributed by atoms with van der Waals surface area (Å²) in [5, 5.41) is 11.3. The lowest BCUT2D eigenvalue weighted by atomic mass is 10.0. The van der Waals surface area contributed by atoms with Crippen molar-refractivity contribution >= 4 is 11.9 Å². The second-order valence-corrected chi connectivity index (χ2v) is 8.58. The number of carboxylic acid groups (broad SMARTS) is 1. The Hall–Kier alpha value is -4.08. The summed E-state index contributed by atoms with van der Waals surface area (Å²) < 4.78 is 47.3. The molecule has 0 aliphatic heterocycles. The van der Waals surface area contributed by atoms with Crippen molar-refractivity contribution in [1.82, 2.24) is 10.3 Å². The van der Waals surface area contributed by atoms with E-state index in [-0.39, 0.29) is 30.7 Å². The predicted octanol–water partition coefficient (Wildman–Crippen LogP) is 6.55. The van der Waals surface area contributed by atoms with Crippen LogP contribution in [-0.4, -0.2) is 34.9 Å². The van der Waals surface area contributed by atoms with Crippen molar-refractivity contribution in [2.45, 2.75) is 51.5 Å². The van der Waals surface area contributed by atoms with Gasteiger partial charge in [0.05, 0.1) is 12.1 Å². The van der Waals surface area contributed by atoms with E-state index >= 15 is 0 Å². The van der Waals surface area contributed by atoms with E-state index in [0.717, 1.165) is 31.2 Å². The number of alkyl halides is 3. The molecule has 0 spiro atoms. The van der Waals surface area contributed by atoms with Crippen LogP contribution in [0.3, 0.4) is 0 Å². The summed E-state index contributed by atoms with van der Waals surface area (Å²) in [6.45, 7) is 2.15. The van der Waals surface area contributed by atoms with Crippen LogP contribution in [-0.2, 0) is 4.79 Å². The van der Waals surface area contributed by atoms with Crippen LogP contribution in [0.5, 0.6) is 11.5 Å². The number of aliphatic carboxylic acids is 1. The lowest BCUT2D eigenvalue weighted by molar-refractivity contribution is -0.274. The van der Waals surface area contributed by atoms with Crippen LogP contribution >= 0.6 is 0 Å². The highest BCUT2D eigenvalue weighted by molar-refractivity contribution is 5.94. The quantitative estimate of drug-likeness (QED) is 0.243. The number of ether oxygens (including phenoxy) is 2. The third kappa shape index (κ3) is 9.10. The van der Waals surface area contributed by atoms with Crippen LogP contribution in [0.25, 0.3) is 11.3 Å². The van der Waals surface area contributed by atoms with Crippen LogP contribution in [0.2, 0.25) is 0 Å². The maximum Gasteiger partial charge on any atom is 0.573 e. The normalized spacial score (nSPS) is 12.0. The fourth-order valence-electron chi connectivity index (χ4n) is 3.70. The van der Waals surface area contributed by atoms with Crippen LogP contribution in [0.1, 0.15) is 61.1 Å². The minimum Gasteiger partial charge on any atom is -0.486 e. The van der Waals surface area contributed by atoms with Gasteiger partial charge in [-0.2, -0.15) is 0 Å². The molecule has 2 N–H and O–H groups in total. The van der Waals surface area contributed by atoms with Crippen LogP contribution in [0.4, 0.5) is 13.2 Å². The number of unbranched alkanes of at least 4 members (excludes halogenated alkanes) is 2. The molecular weight excluding hydrogens is 501 g/mol. The van der Waals surface area contributed by atoms with Gasteiger partial charge in [0.1, 0.15) is 17.6 Å². The average Bonchev–Trinajstić information content (AvgIpc) is 2.88. The minimum absolute atomic E-state index is 0.0421. The number of amides is 1. The van der Waals surface area contributed by atoms with E-state index in [1.807, 2.05) is 6.07 Å². The average molecular weight is 531 g/mol. The van der Waals surface area contributed by atoms with Gasteiger partial charge in [0.15, 0.2) is 0 Å². The monoisotopic (exact) mass is 530 g/mol. The van der Waals surface area contributed by atoms with E-state index in [9.17, 15) is 22.8 Å². The number of pyridine rings is 1. The Bertz CT molecular complexity index is 1180. The number of rotatable bonds is 13. The van der Waals surface area contributed by atoms with Gasteiger partial charge in [-0.3, -0.25) is 14.6 Å². The Kier molecular flexibility index (Phi) is 10.1. The van der Waals surface area contributed by atoms with Crippen LogP contribution in [0, 0.1) is 0 Å². The summed E-state index contributed by atoms with van der Waals surface area (Å²) in [5.41, 5.74) is 2.48. The van der Waals surface area contributed by atoms with Gasteiger partial charge < -0.3 is 19.9 Å². The van der Waals surface area contributed by atoms with Gasteiger partial charge in [0, 0.05) is 29.4 Å². The molecule has 0 saturated carbocycles. The number of hydrogen-bond acceptors (Lipinski definition) is 5. The van der Waals surface area contributed by atoms with Crippen molar-refractivity contribution in [3.05, 3.63) is 78.0 Å². The van der Waals surface area contributed by atoms with Gasteiger partial charge in [0.2, 0.25) is 0 Å². The molecule has 0 radical (unpaired) electrons. The molecule has 3 aromatic rings. The molecule has 0 saturated heterocycles. The fraction of sp³-hybridized carbons (Fsp3) is 0.321. The first kappa shape index (κ1) is 28.5. The molecule has 0 aliphatic carbocycles. The minimum atomic E-state index is -4.75. The SMILES string of the molecule is CCCCC[C@@H](Oc1ccc(C(=O)NCCC(=O)O)cc1)c1ccc(-c2ccc(OC(F)(F)F)cc2)nc1. The molecule has 10 heteroatoms. The highest BCUT2D eigenvalue weighted by atomic mass is 19.4. The Labute approximate surface area is 218 Å². The van der Waals surface area contributed by atoms with Gasteiger partial charge in [-0.05, 0) is 67.4 Å². The predicted molar refractivity (Wildman–Crippen MR) is 135 cm³/mol. The Balaban J connectivity index is 1.69. The number of carboxylic acids is 1. The fourth-order valence-corrected chi connectivity index (χ4v) is 3.70. The van der Waals surface area contributed by atoms with Crippen molar-refractivity contribution < 1.29 is 37.3 Å². The number of nitrogens with zero attached hydrogens (tertiary/aromatic N) is 1. The first-order chi connectivity index (χ1) is 18.1. The van der Waals surface area contributed by atoms with E-state index in [1.165, 1.54) is 24.3 Å². The zero-order valence-electron chi connectivity index (χ0n) is 20.8. The molecule has 1 atom stereocenters. The summed E-state index contributed by atoms with van der Waals surface area (Å²) in [6.07, 6.45) is 0.261. The molecule has 202 valence electrons. The number of hydrogen-bond donors (Lipinski definition) is 2. The zero-order valence-corrected chi connectivity index (χ0v) is 20.8. The molecule has 0 aliphatic rings.